The highest BCUT2D eigenvalue weighted by molar-refractivity contribution is 9.10. The normalized spacial score (nSPS) is 12.4. The maximum Gasteiger partial charge on any atom is 0.0406 e. The Hall–Kier alpha value is -0.830. The van der Waals surface area contributed by atoms with Crippen LogP contribution in [0, 0.1) is 6.92 Å². The first kappa shape index (κ1) is 14.6. The van der Waals surface area contributed by atoms with Gasteiger partial charge in [-0.3, -0.25) is 0 Å². The predicted molar refractivity (Wildman–Crippen MR) is 85.6 cm³/mol. The van der Waals surface area contributed by atoms with Crippen molar-refractivity contribution in [3.05, 3.63) is 68.7 Å². The van der Waals surface area contributed by atoms with Gasteiger partial charge in [-0.1, -0.05) is 51.8 Å². The Kier molecular flexibility index (Phi) is 5.03. The highest BCUT2D eigenvalue weighted by Gasteiger charge is 2.06. The number of nitrogens with one attached hydrogen (secondary N) is 1. The molecule has 0 aromatic heterocycles. The first-order valence-electron chi connectivity index (χ1n) is 6.30. The van der Waals surface area contributed by atoms with E-state index >= 15 is 0 Å². The molecule has 2 rings (SSSR count). The van der Waals surface area contributed by atoms with E-state index in [-0.39, 0.29) is 0 Å². The van der Waals surface area contributed by atoms with Crippen LogP contribution >= 0.6 is 27.5 Å². The maximum absolute atomic E-state index is 5.90. The highest BCUT2D eigenvalue weighted by Crippen LogP contribution is 2.20. The molecule has 0 unspecified atom stereocenters. The van der Waals surface area contributed by atoms with E-state index in [4.69, 9.17) is 11.6 Å². The molecule has 0 aliphatic rings. The van der Waals surface area contributed by atoms with Crippen LogP contribution in [0.5, 0.6) is 0 Å². The quantitative estimate of drug-likeness (QED) is 0.801. The summed E-state index contributed by atoms with van der Waals surface area (Å²) in [6.07, 6.45) is 0. The van der Waals surface area contributed by atoms with Gasteiger partial charge >= 0.3 is 0 Å². The van der Waals surface area contributed by atoms with Gasteiger partial charge in [-0.2, -0.15) is 0 Å². The molecule has 0 aliphatic carbocycles. The summed E-state index contributed by atoms with van der Waals surface area (Å²) in [6.45, 7) is 5.09. The van der Waals surface area contributed by atoms with E-state index in [9.17, 15) is 0 Å². The van der Waals surface area contributed by atoms with E-state index in [1.165, 1.54) is 16.7 Å². The third kappa shape index (κ3) is 4.07. The third-order valence-corrected chi connectivity index (χ3v) is 4.17. The Labute approximate surface area is 128 Å². The first-order valence-corrected chi connectivity index (χ1v) is 7.47. The highest BCUT2D eigenvalue weighted by atomic mass is 79.9. The van der Waals surface area contributed by atoms with E-state index in [0.29, 0.717) is 6.04 Å². The van der Waals surface area contributed by atoms with Gasteiger partial charge < -0.3 is 5.32 Å². The van der Waals surface area contributed by atoms with Gasteiger partial charge in [0.25, 0.3) is 0 Å². The van der Waals surface area contributed by atoms with Gasteiger partial charge in [-0.25, -0.2) is 0 Å². The summed E-state index contributed by atoms with van der Waals surface area (Å²) in [5.41, 5.74) is 3.78. The summed E-state index contributed by atoms with van der Waals surface area (Å²) in [6, 6.07) is 14.7. The van der Waals surface area contributed by atoms with Crippen LogP contribution in [0.15, 0.2) is 46.9 Å². The predicted octanol–water partition coefficient (Wildman–Crippen LogP) is 5.26. The van der Waals surface area contributed by atoms with Gasteiger partial charge in [-0.15, -0.1) is 0 Å². The SMILES string of the molecule is Cc1ccc(CN[C@H](C)c2ccc(Cl)cc2)c(Br)c1. The Bertz CT molecular complexity index is 551. The van der Waals surface area contributed by atoms with Crippen LogP contribution in [0.3, 0.4) is 0 Å². The summed E-state index contributed by atoms with van der Waals surface area (Å²) in [4.78, 5) is 0. The van der Waals surface area contributed by atoms with Gasteiger partial charge in [0.05, 0.1) is 0 Å². The second-order valence-corrected chi connectivity index (χ2v) is 6.04. The topological polar surface area (TPSA) is 12.0 Å². The fourth-order valence-corrected chi connectivity index (χ4v) is 2.69. The minimum Gasteiger partial charge on any atom is -0.306 e. The minimum absolute atomic E-state index is 0.297. The van der Waals surface area contributed by atoms with Crippen molar-refractivity contribution in [2.75, 3.05) is 0 Å². The molecule has 100 valence electrons. The molecule has 0 saturated carbocycles. The molecule has 0 saturated heterocycles. The van der Waals surface area contributed by atoms with Crippen molar-refractivity contribution in [3.8, 4) is 0 Å². The number of benzene rings is 2. The monoisotopic (exact) mass is 337 g/mol. The van der Waals surface area contributed by atoms with Gasteiger partial charge in [0.15, 0.2) is 0 Å². The van der Waals surface area contributed by atoms with Gasteiger partial charge in [0.2, 0.25) is 0 Å². The summed E-state index contributed by atoms with van der Waals surface area (Å²) >= 11 is 9.50. The van der Waals surface area contributed by atoms with Crippen molar-refractivity contribution in [2.24, 2.45) is 0 Å². The molecule has 1 atom stereocenters. The first-order chi connectivity index (χ1) is 9.06. The van der Waals surface area contributed by atoms with Crippen LogP contribution in [-0.4, -0.2) is 0 Å². The van der Waals surface area contributed by atoms with E-state index in [1.54, 1.807) is 0 Å². The molecule has 0 fully saturated rings. The van der Waals surface area contributed by atoms with Crippen molar-refractivity contribution in [3.63, 3.8) is 0 Å². The summed E-state index contributed by atoms with van der Waals surface area (Å²) in [7, 11) is 0. The van der Waals surface area contributed by atoms with Crippen molar-refractivity contribution < 1.29 is 0 Å². The smallest absolute Gasteiger partial charge is 0.0406 e. The van der Waals surface area contributed by atoms with Crippen LogP contribution in [-0.2, 0) is 6.54 Å². The standard InChI is InChI=1S/C16H17BrClN/c1-11-3-4-14(16(17)9-11)10-19-12(2)13-5-7-15(18)8-6-13/h3-9,12,19H,10H2,1-2H3/t12-/m1/s1. The lowest BCUT2D eigenvalue weighted by molar-refractivity contribution is 0.574. The number of rotatable bonds is 4. The molecule has 0 spiro atoms. The molecule has 0 heterocycles. The molecule has 0 radical (unpaired) electrons. The van der Waals surface area contributed by atoms with Crippen LogP contribution in [0.2, 0.25) is 5.02 Å². The lowest BCUT2D eigenvalue weighted by Gasteiger charge is -2.15. The average Bonchev–Trinajstić information content (AvgIpc) is 2.38. The third-order valence-electron chi connectivity index (χ3n) is 3.18. The van der Waals surface area contributed by atoms with Crippen molar-refractivity contribution in [1.82, 2.24) is 5.32 Å². The second-order valence-electron chi connectivity index (χ2n) is 4.75. The number of hydrogen-bond donors (Lipinski definition) is 1. The van der Waals surface area contributed by atoms with Crippen LogP contribution in [0.25, 0.3) is 0 Å². The van der Waals surface area contributed by atoms with Gasteiger partial charge in [0, 0.05) is 22.1 Å². The molecular formula is C16H17BrClN. The molecule has 19 heavy (non-hydrogen) atoms. The molecule has 3 heteroatoms. The number of hydrogen-bond acceptors (Lipinski definition) is 1. The van der Waals surface area contributed by atoms with Crippen LogP contribution in [0.1, 0.15) is 29.7 Å². The lowest BCUT2D eigenvalue weighted by atomic mass is 10.1. The molecule has 1 N–H and O–H groups in total. The Morgan fingerprint density at radius 2 is 1.84 bits per heavy atom. The number of aryl methyl sites for hydroxylation is 1. The van der Waals surface area contributed by atoms with Crippen LogP contribution in [0.4, 0.5) is 0 Å². The summed E-state index contributed by atoms with van der Waals surface area (Å²) in [5, 5.41) is 4.30. The number of halogens is 2. The molecule has 0 aliphatic heterocycles. The Morgan fingerprint density at radius 3 is 2.47 bits per heavy atom. The molecule has 1 nitrogen and oxygen atoms in total. The summed E-state index contributed by atoms with van der Waals surface area (Å²) in [5.74, 6) is 0. The lowest BCUT2D eigenvalue weighted by Crippen LogP contribution is -2.18. The van der Waals surface area contributed by atoms with E-state index < -0.39 is 0 Å². The molecule has 0 amide bonds. The van der Waals surface area contributed by atoms with Crippen LogP contribution < -0.4 is 5.32 Å². The molecule has 2 aromatic rings. The Morgan fingerprint density at radius 1 is 1.16 bits per heavy atom. The van der Waals surface area contributed by atoms with Crippen molar-refractivity contribution >= 4 is 27.5 Å². The molecule has 2 aromatic carbocycles. The Balaban J connectivity index is 2.00. The zero-order chi connectivity index (χ0) is 13.8. The maximum atomic E-state index is 5.90. The molecular weight excluding hydrogens is 322 g/mol. The molecule has 0 bridgehead atoms. The largest absolute Gasteiger partial charge is 0.306 e. The van der Waals surface area contributed by atoms with E-state index in [2.05, 4.69) is 65.4 Å². The zero-order valence-corrected chi connectivity index (χ0v) is 13.4. The minimum atomic E-state index is 0.297. The van der Waals surface area contributed by atoms with Crippen molar-refractivity contribution in [1.29, 1.82) is 0 Å². The van der Waals surface area contributed by atoms with E-state index in [0.717, 1.165) is 16.0 Å². The zero-order valence-electron chi connectivity index (χ0n) is 11.1. The summed E-state index contributed by atoms with van der Waals surface area (Å²) < 4.78 is 1.16. The van der Waals surface area contributed by atoms with Gasteiger partial charge in [0.1, 0.15) is 0 Å². The second kappa shape index (κ2) is 6.56. The fourth-order valence-electron chi connectivity index (χ4n) is 1.93. The fraction of sp³-hybridized carbons (Fsp3) is 0.250. The average molecular weight is 339 g/mol. The van der Waals surface area contributed by atoms with Gasteiger partial charge in [-0.05, 0) is 48.7 Å². The van der Waals surface area contributed by atoms with E-state index in [1.807, 2.05) is 12.1 Å². The van der Waals surface area contributed by atoms with Crippen molar-refractivity contribution in [2.45, 2.75) is 26.4 Å².